The number of rotatable bonds is 7. The number of alkyl halides is 3. The normalized spacial score (nSPS) is 15.1. The van der Waals surface area contributed by atoms with Crippen LogP contribution in [-0.2, 0) is 20.5 Å². The molecule has 0 bridgehead atoms. The maximum Gasteiger partial charge on any atom is 0.418 e. The Morgan fingerprint density at radius 1 is 1.06 bits per heavy atom. The van der Waals surface area contributed by atoms with Gasteiger partial charge in [-0.3, -0.25) is 19.3 Å². The van der Waals surface area contributed by atoms with Crippen molar-refractivity contribution >= 4 is 41.0 Å². The molecule has 2 unspecified atom stereocenters. The number of anilines is 1. The number of nitrogens with one attached hydrogen (secondary N) is 1. The molecule has 3 rings (SSSR count). The molecule has 7 nitrogen and oxygen atoms in total. The number of hydrogen-bond donors (Lipinski definition) is 1. The molecule has 3 amide bonds. The van der Waals surface area contributed by atoms with Crippen LogP contribution < -0.4 is 5.32 Å². The van der Waals surface area contributed by atoms with E-state index in [2.05, 4.69) is 0 Å². The Balaban J connectivity index is 1.76. The number of amides is 3. The zero-order valence-electron chi connectivity index (χ0n) is 18.1. The average molecular weight is 497 g/mol. The molecule has 1 heterocycles. The minimum Gasteiger partial charge on any atom is -0.454 e. The Morgan fingerprint density at radius 2 is 1.65 bits per heavy atom. The van der Waals surface area contributed by atoms with Crippen LogP contribution >= 0.6 is 11.6 Å². The van der Waals surface area contributed by atoms with Gasteiger partial charge >= 0.3 is 12.1 Å². The Morgan fingerprint density at radius 3 is 2.18 bits per heavy atom. The number of carbonyl (C=O) groups excluding carboxylic acids is 4. The van der Waals surface area contributed by atoms with Gasteiger partial charge in [-0.1, -0.05) is 50.1 Å². The average Bonchev–Trinajstić information content (AvgIpc) is 3.03. The van der Waals surface area contributed by atoms with Gasteiger partial charge in [0.1, 0.15) is 6.04 Å². The Labute approximate surface area is 197 Å². The molecule has 2 atom stereocenters. The highest BCUT2D eigenvalue weighted by Gasteiger charge is 2.45. The van der Waals surface area contributed by atoms with E-state index in [0.29, 0.717) is 6.42 Å². The van der Waals surface area contributed by atoms with E-state index in [4.69, 9.17) is 16.3 Å². The molecule has 180 valence electrons. The lowest BCUT2D eigenvalue weighted by Crippen LogP contribution is -2.49. The summed E-state index contributed by atoms with van der Waals surface area (Å²) in [4.78, 5) is 51.6. The first-order valence-electron chi connectivity index (χ1n) is 10.3. The predicted octanol–water partition coefficient (Wildman–Crippen LogP) is 4.55. The molecule has 1 aliphatic heterocycles. The highest BCUT2D eigenvalue weighted by molar-refractivity contribution is 6.34. The third-order valence-electron chi connectivity index (χ3n) is 5.46. The lowest BCUT2D eigenvalue weighted by molar-refractivity contribution is -0.153. The van der Waals surface area contributed by atoms with E-state index in [1.807, 2.05) is 5.32 Å². The summed E-state index contributed by atoms with van der Waals surface area (Å²) in [6.07, 6.45) is -4.38. The molecule has 0 saturated carbocycles. The summed E-state index contributed by atoms with van der Waals surface area (Å²) in [6, 6.07) is 7.76. The van der Waals surface area contributed by atoms with Crippen LogP contribution in [0.1, 0.15) is 46.5 Å². The maximum atomic E-state index is 13.2. The van der Waals surface area contributed by atoms with Crippen LogP contribution in [0.5, 0.6) is 0 Å². The third kappa shape index (κ3) is 4.91. The van der Waals surface area contributed by atoms with Crippen molar-refractivity contribution < 1.29 is 37.1 Å². The minimum absolute atomic E-state index is 0.143. The van der Waals surface area contributed by atoms with Gasteiger partial charge in [-0.2, -0.15) is 13.2 Å². The lowest BCUT2D eigenvalue weighted by Gasteiger charge is -2.28. The van der Waals surface area contributed by atoms with Crippen molar-refractivity contribution in [1.29, 1.82) is 0 Å². The number of nitrogens with zero attached hydrogens (tertiary/aromatic N) is 1. The molecule has 0 saturated heterocycles. The van der Waals surface area contributed by atoms with Gasteiger partial charge < -0.3 is 10.1 Å². The van der Waals surface area contributed by atoms with Crippen molar-refractivity contribution in [2.24, 2.45) is 5.92 Å². The molecule has 1 N–H and O–H groups in total. The zero-order valence-corrected chi connectivity index (χ0v) is 18.9. The summed E-state index contributed by atoms with van der Waals surface area (Å²) < 4.78 is 44.7. The molecule has 0 spiro atoms. The Hall–Kier alpha value is -3.40. The van der Waals surface area contributed by atoms with E-state index >= 15 is 0 Å². The number of fused-ring (bicyclic) bond motifs is 1. The first-order valence-corrected chi connectivity index (χ1v) is 10.6. The number of benzene rings is 2. The standard InChI is InChI=1S/C23H20ClF3N2O5/c1-3-12(2)19(29-20(31)13-7-4-5-8-14(13)21(29)32)22(33)34-11-17(30)28-18-15(23(25,26)27)9-6-10-16(18)24/h4-10,12,19H,3,11H2,1-2H3,(H,28,30). The molecule has 11 heteroatoms. The number of ether oxygens (including phenoxy) is 1. The molecule has 2 aromatic rings. The topological polar surface area (TPSA) is 92.8 Å². The molecule has 0 fully saturated rings. The monoisotopic (exact) mass is 496 g/mol. The molecule has 34 heavy (non-hydrogen) atoms. The van der Waals surface area contributed by atoms with Gasteiger partial charge in [0.2, 0.25) is 0 Å². The van der Waals surface area contributed by atoms with E-state index in [9.17, 15) is 32.3 Å². The van der Waals surface area contributed by atoms with Crippen molar-refractivity contribution in [2.45, 2.75) is 32.5 Å². The van der Waals surface area contributed by atoms with Crippen LogP contribution in [0.4, 0.5) is 18.9 Å². The van der Waals surface area contributed by atoms with Crippen molar-refractivity contribution in [3.8, 4) is 0 Å². The van der Waals surface area contributed by atoms with E-state index in [1.54, 1.807) is 26.0 Å². The molecular formula is C23H20ClF3N2O5. The Kier molecular flexibility index (Phi) is 7.30. The number of para-hydroxylation sites is 1. The van der Waals surface area contributed by atoms with Crippen molar-refractivity contribution in [3.63, 3.8) is 0 Å². The molecule has 2 aromatic carbocycles. The summed E-state index contributed by atoms with van der Waals surface area (Å²) >= 11 is 5.81. The highest BCUT2D eigenvalue weighted by atomic mass is 35.5. The van der Waals surface area contributed by atoms with E-state index in [1.165, 1.54) is 18.2 Å². The SMILES string of the molecule is CCC(C)C(C(=O)OCC(=O)Nc1c(Cl)cccc1C(F)(F)F)N1C(=O)c2ccccc2C1=O. The fourth-order valence-corrected chi connectivity index (χ4v) is 3.78. The second-order valence-electron chi connectivity index (χ2n) is 7.67. The van der Waals surface area contributed by atoms with Crippen LogP contribution in [0.2, 0.25) is 5.02 Å². The summed E-state index contributed by atoms with van der Waals surface area (Å²) in [5, 5.41) is 1.66. The largest absolute Gasteiger partial charge is 0.454 e. The highest BCUT2D eigenvalue weighted by Crippen LogP contribution is 2.38. The number of halogens is 4. The summed E-state index contributed by atoms with van der Waals surface area (Å²) in [5.41, 5.74) is -1.55. The summed E-state index contributed by atoms with van der Waals surface area (Å²) in [7, 11) is 0. The quantitative estimate of drug-likeness (QED) is 0.448. The van der Waals surface area contributed by atoms with Crippen molar-refractivity contribution in [3.05, 3.63) is 64.2 Å². The van der Waals surface area contributed by atoms with Gasteiger partial charge in [0.25, 0.3) is 17.7 Å². The van der Waals surface area contributed by atoms with E-state index in [-0.39, 0.29) is 16.1 Å². The molecule has 1 aliphatic rings. The molecular weight excluding hydrogens is 477 g/mol. The van der Waals surface area contributed by atoms with Crippen LogP contribution in [0.3, 0.4) is 0 Å². The zero-order chi connectivity index (χ0) is 25.2. The first-order chi connectivity index (χ1) is 16.0. The van der Waals surface area contributed by atoms with Crippen LogP contribution in [-0.4, -0.2) is 41.2 Å². The van der Waals surface area contributed by atoms with Crippen molar-refractivity contribution in [1.82, 2.24) is 4.90 Å². The first kappa shape index (κ1) is 25.2. The number of imide groups is 1. The second kappa shape index (κ2) is 9.84. The fraction of sp³-hybridized carbons (Fsp3) is 0.304. The van der Waals surface area contributed by atoms with Gasteiger partial charge in [-0.15, -0.1) is 0 Å². The smallest absolute Gasteiger partial charge is 0.418 e. The van der Waals surface area contributed by atoms with Crippen LogP contribution in [0.15, 0.2) is 42.5 Å². The maximum absolute atomic E-state index is 13.2. The number of hydrogen-bond acceptors (Lipinski definition) is 5. The van der Waals surface area contributed by atoms with E-state index in [0.717, 1.165) is 17.0 Å². The number of esters is 1. The van der Waals surface area contributed by atoms with Gasteiger partial charge in [-0.05, 0) is 30.2 Å². The van der Waals surface area contributed by atoms with Gasteiger partial charge in [-0.25, -0.2) is 4.79 Å². The summed E-state index contributed by atoms with van der Waals surface area (Å²) in [6.45, 7) is 2.43. The fourth-order valence-electron chi connectivity index (χ4n) is 3.56. The molecule has 0 radical (unpaired) electrons. The lowest BCUT2D eigenvalue weighted by atomic mass is 9.97. The van der Waals surface area contributed by atoms with Crippen LogP contribution in [0.25, 0.3) is 0 Å². The molecule has 0 aliphatic carbocycles. The molecule has 0 aromatic heterocycles. The second-order valence-corrected chi connectivity index (χ2v) is 8.08. The van der Waals surface area contributed by atoms with Gasteiger partial charge in [0.05, 0.1) is 27.4 Å². The predicted molar refractivity (Wildman–Crippen MR) is 116 cm³/mol. The third-order valence-corrected chi connectivity index (χ3v) is 5.77. The van der Waals surface area contributed by atoms with Gasteiger partial charge in [0, 0.05) is 0 Å². The number of carbonyl (C=O) groups is 4. The Bertz CT molecular complexity index is 1120. The van der Waals surface area contributed by atoms with Crippen molar-refractivity contribution in [2.75, 3.05) is 11.9 Å². The minimum atomic E-state index is -4.78. The van der Waals surface area contributed by atoms with E-state index < -0.39 is 59.7 Å². The summed E-state index contributed by atoms with van der Waals surface area (Å²) in [5.74, 6) is -3.96. The van der Waals surface area contributed by atoms with Gasteiger partial charge in [0.15, 0.2) is 6.61 Å². The van der Waals surface area contributed by atoms with Crippen LogP contribution in [0, 0.1) is 5.92 Å².